The Morgan fingerprint density at radius 3 is 2.85 bits per heavy atom. The Morgan fingerprint density at radius 2 is 2.00 bits per heavy atom. The molecule has 0 spiro atoms. The molecule has 6 heteroatoms. The van der Waals surface area contributed by atoms with Crippen molar-refractivity contribution in [2.24, 2.45) is 0 Å². The second-order valence-corrected chi connectivity index (χ2v) is 4.50. The van der Waals surface area contributed by atoms with Gasteiger partial charge in [-0.25, -0.2) is 4.39 Å². The molecule has 1 amide bonds. The molecule has 4 nitrogen and oxygen atoms in total. The number of hydrogen-bond donors (Lipinski definition) is 1. The monoisotopic (exact) mass is 293 g/mol. The van der Waals surface area contributed by atoms with E-state index in [0.29, 0.717) is 11.5 Å². The van der Waals surface area contributed by atoms with E-state index in [0.717, 1.165) is 0 Å². The minimum atomic E-state index is -0.674. The number of anilines is 1. The molecule has 0 unspecified atom stereocenters. The predicted molar refractivity (Wildman–Crippen MR) is 71.9 cm³/mol. The van der Waals surface area contributed by atoms with E-state index >= 15 is 0 Å². The van der Waals surface area contributed by atoms with Crippen LogP contribution in [-0.4, -0.2) is 12.7 Å². The van der Waals surface area contributed by atoms with Crippen molar-refractivity contribution in [3.8, 4) is 11.5 Å². The van der Waals surface area contributed by atoms with Crippen LogP contribution < -0.4 is 14.8 Å². The third-order valence-electron chi connectivity index (χ3n) is 2.84. The lowest BCUT2D eigenvalue weighted by Crippen LogP contribution is -2.13. The Kier molecular flexibility index (Phi) is 3.20. The molecule has 2 aromatic carbocycles. The maximum Gasteiger partial charge on any atom is 0.259 e. The summed E-state index contributed by atoms with van der Waals surface area (Å²) in [5, 5.41) is 2.41. The summed E-state index contributed by atoms with van der Waals surface area (Å²) in [6.45, 7) is 0.0607. The normalized spacial score (nSPS) is 12.3. The zero-order valence-electron chi connectivity index (χ0n) is 10.2. The number of fused-ring (bicyclic) bond motifs is 1. The average Bonchev–Trinajstić information content (AvgIpc) is 2.92. The quantitative estimate of drug-likeness (QED) is 0.922. The molecule has 0 bridgehead atoms. The highest BCUT2D eigenvalue weighted by Gasteiger charge is 2.22. The number of nitrogens with one attached hydrogen (secondary N) is 1. The Morgan fingerprint density at radius 1 is 1.20 bits per heavy atom. The van der Waals surface area contributed by atoms with Crippen molar-refractivity contribution in [1.82, 2.24) is 0 Å². The van der Waals surface area contributed by atoms with Crippen LogP contribution in [0, 0.1) is 5.82 Å². The van der Waals surface area contributed by atoms with E-state index in [1.54, 1.807) is 24.3 Å². The summed E-state index contributed by atoms with van der Waals surface area (Å²) in [6, 6.07) is 9.32. The molecule has 1 aliphatic heterocycles. The molecule has 0 aliphatic carbocycles. The zero-order valence-corrected chi connectivity index (χ0v) is 10.9. The van der Waals surface area contributed by atoms with Gasteiger partial charge in [0.25, 0.3) is 5.91 Å². The smallest absolute Gasteiger partial charge is 0.259 e. The largest absolute Gasteiger partial charge is 0.454 e. The molecule has 0 radical (unpaired) electrons. The summed E-state index contributed by atoms with van der Waals surface area (Å²) >= 11 is 5.67. The Bertz CT molecular complexity index is 690. The zero-order chi connectivity index (χ0) is 14.1. The third kappa shape index (κ3) is 2.16. The van der Waals surface area contributed by atoms with E-state index in [-0.39, 0.29) is 23.1 Å². The summed E-state index contributed by atoms with van der Waals surface area (Å²) in [6.07, 6.45) is 0. The third-order valence-corrected chi connectivity index (χ3v) is 3.13. The molecule has 0 atom stereocenters. The number of amides is 1. The van der Waals surface area contributed by atoms with Crippen molar-refractivity contribution in [1.29, 1.82) is 0 Å². The first kappa shape index (κ1) is 12.7. The molecule has 20 heavy (non-hydrogen) atoms. The van der Waals surface area contributed by atoms with Crippen molar-refractivity contribution in [3.05, 3.63) is 52.8 Å². The van der Waals surface area contributed by atoms with Crippen LogP contribution in [0.5, 0.6) is 11.5 Å². The van der Waals surface area contributed by atoms with Crippen molar-refractivity contribution in [3.63, 3.8) is 0 Å². The van der Waals surface area contributed by atoms with Gasteiger partial charge < -0.3 is 14.8 Å². The lowest BCUT2D eigenvalue weighted by atomic mass is 10.1. The molecule has 0 saturated carbocycles. The van der Waals surface area contributed by atoms with Crippen LogP contribution in [0.2, 0.25) is 5.02 Å². The van der Waals surface area contributed by atoms with E-state index in [2.05, 4.69) is 5.32 Å². The minimum Gasteiger partial charge on any atom is -0.454 e. The van der Waals surface area contributed by atoms with Crippen molar-refractivity contribution in [2.45, 2.75) is 0 Å². The van der Waals surface area contributed by atoms with Gasteiger partial charge in [-0.15, -0.1) is 0 Å². The van der Waals surface area contributed by atoms with Gasteiger partial charge in [-0.2, -0.15) is 0 Å². The standard InChI is InChI=1S/C14H9ClFNO3/c15-9-4-2-5-10(12(9)16)17-14(18)8-3-1-6-11-13(8)20-7-19-11/h1-6H,7H2,(H,17,18). The second-order valence-electron chi connectivity index (χ2n) is 4.09. The highest BCUT2D eigenvalue weighted by molar-refractivity contribution is 6.31. The van der Waals surface area contributed by atoms with Gasteiger partial charge in [0.15, 0.2) is 17.3 Å². The van der Waals surface area contributed by atoms with E-state index < -0.39 is 11.7 Å². The van der Waals surface area contributed by atoms with Gasteiger partial charge in [0.1, 0.15) is 0 Å². The number of ether oxygens (including phenoxy) is 2. The van der Waals surface area contributed by atoms with Crippen LogP contribution in [0.4, 0.5) is 10.1 Å². The van der Waals surface area contributed by atoms with E-state index in [4.69, 9.17) is 21.1 Å². The summed E-state index contributed by atoms with van der Waals surface area (Å²) in [4.78, 5) is 12.2. The maximum atomic E-state index is 13.7. The molecule has 0 saturated heterocycles. The topological polar surface area (TPSA) is 47.6 Å². The van der Waals surface area contributed by atoms with Gasteiger partial charge >= 0.3 is 0 Å². The molecular weight excluding hydrogens is 285 g/mol. The molecular formula is C14H9ClFNO3. The molecule has 102 valence electrons. The molecule has 1 aliphatic rings. The van der Waals surface area contributed by atoms with E-state index in [9.17, 15) is 9.18 Å². The number of carbonyl (C=O) groups excluding carboxylic acids is 1. The van der Waals surface area contributed by atoms with Crippen LogP contribution in [0.3, 0.4) is 0 Å². The highest BCUT2D eigenvalue weighted by Crippen LogP contribution is 2.35. The SMILES string of the molecule is O=C(Nc1cccc(Cl)c1F)c1cccc2c1OCO2. The highest BCUT2D eigenvalue weighted by atomic mass is 35.5. The fraction of sp³-hybridized carbons (Fsp3) is 0.0714. The van der Waals surface area contributed by atoms with Crippen molar-refractivity contribution < 1.29 is 18.7 Å². The molecule has 0 fully saturated rings. The fourth-order valence-corrected chi connectivity index (χ4v) is 2.07. The molecule has 1 N–H and O–H groups in total. The predicted octanol–water partition coefficient (Wildman–Crippen LogP) is 3.46. The van der Waals surface area contributed by atoms with Crippen molar-refractivity contribution >= 4 is 23.2 Å². The fourth-order valence-electron chi connectivity index (χ4n) is 1.90. The first-order chi connectivity index (χ1) is 9.66. The minimum absolute atomic E-state index is 0.0130. The summed E-state index contributed by atoms with van der Waals surface area (Å²) < 4.78 is 24.2. The van der Waals surface area contributed by atoms with Gasteiger partial charge in [0, 0.05) is 0 Å². The Labute approximate surface area is 119 Å². The van der Waals surface area contributed by atoms with E-state index in [1.807, 2.05) is 0 Å². The average molecular weight is 294 g/mol. The lowest BCUT2D eigenvalue weighted by Gasteiger charge is -2.08. The molecule has 0 aromatic heterocycles. The van der Waals surface area contributed by atoms with Gasteiger partial charge in [-0.05, 0) is 24.3 Å². The van der Waals surface area contributed by atoms with Gasteiger partial charge in [0.05, 0.1) is 16.3 Å². The number of hydrogen-bond acceptors (Lipinski definition) is 3. The molecule has 1 heterocycles. The van der Waals surface area contributed by atoms with Crippen LogP contribution in [0.15, 0.2) is 36.4 Å². The number of benzene rings is 2. The van der Waals surface area contributed by atoms with Crippen LogP contribution in [0.25, 0.3) is 0 Å². The number of halogens is 2. The van der Waals surface area contributed by atoms with Crippen LogP contribution >= 0.6 is 11.6 Å². The van der Waals surface area contributed by atoms with Crippen LogP contribution in [0.1, 0.15) is 10.4 Å². The Balaban J connectivity index is 1.91. The first-order valence-corrected chi connectivity index (χ1v) is 6.18. The van der Waals surface area contributed by atoms with E-state index in [1.165, 1.54) is 12.1 Å². The lowest BCUT2D eigenvalue weighted by molar-refractivity contribution is 0.102. The van der Waals surface area contributed by atoms with Gasteiger partial charge in [0.2, 0.25) is 6.79 Å². The summed E-state index contributed by atoms with van der Waals surface area (Å²) in [7, 11) is 0. The number of rotatable bonds is 2. The number of para-hydroxylation sites is 1. The molecule has 2 aromatic rings. The molecule has 3 rings (SSSR count). The Hall–Kier alpha value is -2.27. The summed E-state index contributed by atoms with van der Waals surface area (Å²) in [5.74, 6) is -0.322. The van der Waals surface area contributed by atoms with Gasteiger partial charge in [-0.3, -0.25) is 4.79 Å². The van der Waals surface area contributed by atoms with Crippen LogP contribution in [-0.2, 0) is 0 Å². The maximum absolute atomic E-state index is 13.7. The summed E-state index contributed by atoms with van der Waals surface area (Å²) in [5.41, 5.74) is 0.290. The number of carbonyl (C=O) groups is 1. The van der Waals surface area contributed by atoms with Gasteiger partial charge in [-0.1, -0.05) is 23.7 Å². The first-order valence-electron chi connectivity index (χ1n) is 5.81. The second kappa shape index (κ2) is 5.02. The van der Waals surface area contributed by atoms with Crippen molar-refractivity contribution in [2.75, 3.05) is 12.1 Å².